The number of nitrogens with zero attached hydrogens (tertiary/aromatic N) is 4. The number of halogens is 1. The van der Waals surface area contributed by atoms with Crippen LogP contribution in [0.2, 0.25) is 0 Å². The van der Waals surface area contributed by atoms with Crippen LogP contribution in [0, 0.1) is 5.41 Å². The number of carboxylic acids is 1. The van der Waals surface area contributed by atoms with Gasteiger partial charge in [0.05, 0.1) is 15.7 Å². The molecule has 0 spiro atoms. The van der Waals surface area contributed by atoms with Crippen molar-refractivity contribution in [2.24, 2.45) is 5.41 Å². The Hall–Kier alpha value is -1.28. The van der Waals surface area contributed by atoms with E-state index in [2.05, 4.69) is 31.5 Å². The normalized spacial score (nSPS) is 11.8. The number of hydrogen-bond donors (Lipinski definition) is 1. The molecule has 2 heterocycles. The molecule has 2 aromatic rings. The zero-order valence-electron chi connectivity index (χ0n) is 11.2. The minimum Gasteiger partial charge on any atom is -0.481 e. The minimum absolute atomic E-state index is 0.269. The molecule has 0 atom stereocenters. The molecule has 0 bridgehead atoms. The van der Waals surface area contributed by atoms with Crippen LogP contribution in [0.1, 0.15) is 26.7 Å². The lowest BCUT2D eigenvalue weighted by atomic mass is 9.82. The molecule has 2 rings (SSSR count). The van der Waals surface area contributed by atoms with E-state index in [1.807, 2.05) is 25.3 Å². The molecule has 20 heavy (non-hydrogen) atoms. The summed E-state index contributed by atoms with van der Waals surface area (Å²) in [4.78, 5) is 11.6. The number of aromatic nitrogens is 4. The first-order valence-corrected chi connectivity index (χ1v) is 7.93. The predicted octanol–water partition coefficient (Wildman–Crippen LogP) is 3.06. The highest BCUT2D eigenvalue weighted by atomic mass is 79.9. The highest BCUT2D eigenvalue weighted by molar-refractivity contribution is 9.11. The third-order valence-corrected chi connectivity index (χ3v) is 5.12. The Kier molecular flexibility index (Phi) is 4.54. The monoisotopic (exact) mass is 358 g/mol. The molecule has 2 aromatic heterocycles. The maximum absolute atomic E-state index is 11.6. The fraction of sp³-hybridized carbons (Fsp3) is 0.500. The van der Waals surface area contributed by atoms with Gasteiger partial charge in [0.2, 0.25) is 0 Å². The van der Waals surface area contributed by atoms with Crippen LogP contribution < -0.4 is 0 Å². The van der Waals surface area contributed by atoms with Crippen molar-refractivity contribution >= 4 is 33.2 Å². The lowest BCUT2D eigenvalue weighted by molar-refractivity contribution is -0.150. The Balaban J connectivity index is 2.35. The summed E-state index contributed by atoms with van der Waals surface area (Å²) in [5, 5.41) is 23.1. The Bertz CT molecular complexity index is 606. The number of rotatable bonds is 6. The Morgan fingerprint density at radius 3 is 2.70 bits per heavy atom. The Morgan fingerprint density at radius 2 is 2.20 bits per heavy atom. The van der Waals surface area contributed by atoms with Gasteiger partial charge >= 0.3 is 5.97 Å². The van der Waals surface area contributed by atoms with Crippen LogP contribution >= 0.6 is 27.3 Å². The third-order valence-electron chi connectivity index (χ3n) is 3.62. The quantitative estimate of drug-likeness (QED) is 0.857. The van der Waals surface area contributed by atoms with Crippen LogP contribution in [-0.4, -0.2) is 31.3 Å². The van der Waals surface area contributed by atoms with Gasteiger partial charge in [0, 0.05) is 10.9 Å². The van der Waals surface area contributed by atoms with E-state index in [4.69, 9.17) is 0 Å². The number of hydrogen-bond acceptors (Lipinski definition) is 5. The van der Waals surface area contributed by atoms with Crippen molar-refractivity contribution < 1.29 is 9.90 Å². The van der Waals surface area contributed by atoms with Gasteiger partial charge in [-0.1, -0.05) is 13.8 Å². The molecule has 0 aliphatic heterocycles. The van der Waals surface area contributed by atoms with E-state index in [1.165, 1.54) is 11.3 Å². The van der Waals surface area contributed by atoms with Crippen LogP contribution in [0.25, 0.3) is 11.4 Å². The van der Waals surface area contributed by atoms with E-state index >= 15 is 0 Å². The average molecular weight is 359 g/mol. The Morgan fingerprint density at radius 1 is 1.50 bits per heavy atom. The summed E-state index contributed by atoms with van der Waals surface area (Å²) in [7, 11) is 0. The van der Waals surface area contributed by atoms with E-state index in [0.717, 1.165) is 9.35 Å². The van der Waals surface area contributed by atoms with Crippen LogP contribution in [0.5, 0.6) is 0 Å². The molecule has 0 fully saturated rings. The first-order valence-electron chi connectivity index (χ1n) is 6.26. The number of carboxylic acid groups (broad SMARTS) is 1. The Labute approximate surface area is 128 Å². The zero-order chi connectivity index (χ0) is 14.8. The summed E-state index contributed by atoms with van der Waals surface area (Å²) in [5.74, 6) is -0.213. The van der Waals surface area contributed by atoms with Gasteiger partial charge < -0.3 is 5.11 Å². The van der Waals surface area contributed by atoms with Crippen molar-refractivity contribution in [2.45, 2.75) is 33.2 Å². The standard InChI is InChI=1S/C12H15BrN4O2S/c1-3-12(4-2,11(18)19)7-17-10(14-15-16-17)8-5-9(13)20-6-8/h5-6H,3-4,7H2,1-2H3,(H,18,19). The summed E-state index contributed by atoms with van der Waals surface area (Å²) in [6.45, 7) is 4.02. The second-order valence-corrected chi connectivity index (χ2v) is 6.88. The molecule has 0 aliphatic rings. The van der Waals surface area contributed by atoms with Crippen LogP contribution in [-0.2, 0) is 11.3 Å². The van der Waals surface area contributed by atoms with Crippen molar-refractivity contribution in [3.05, 3.63) is 15.2 Å². The highest BCUT2D eigenvalue weighted by Gasteiger charge is 2.36. The largest absolute Gasteiger partial charge is 0.481 e. The van der Waals surface area contributed by atoms with Gasteiger partial charge in [0.1, 0.15) is 0 Å². The van der Waals surface area contributed by atoms with Crippen LogP contribution in [0.4, 0.5) is 0 Å². The van der Waals surface area contributed by atoms with Crippen molar-refractivity contribution in [3.8, 4) is 11.4 Å². The van der Waals surface area contributed by atoms with Gasteiger partial charge in [-0.3, -0.25) is 4.79 Å². The number of carbonyl (C=O) groups is 1. The molecule has 0 aromatic carbocycles. The lowest BCUT2D eigenvalue weighted by Gasteiger charge is -2.26. The molecule has 1 N–H and O–H groups in total. The van der Waals surface area contributed by atoms with Crippen molar-refractivity contribution in [1.82, 2.24) is 20.2 Å². The molecular weight excluding hydrogens is 344 g/mol. The maximum atomic E-state index is 11.6. The molecule has 0 aliphatic carbocycles. The first kappa shape index (κ1) is 15.1. The summed E-state index contributed by atoms with van der Waals surface area (Å²) < 4.78 is 2.56. The van der Waals surface area contributed by atoms with E-state index in [-0.39, 0.29) is 6.54 Å². The SMILES string of the molecule is CCC(CC)(Cn1nnnc1-c1csc(Br)c1)C(=O)O. The van der Waals surface area contributed by atoms with Gasteiger partial charge in [0.25, 0.3) is 0 Å². The fourth-order valence-corrected chi connectivity index (χ4v) is 3.21. The second kappa shape index (κ2) is 6.01. The van der Waals surface area contributed by atoms with Crippen molar-refractivity contribution in [2.75, 3.05) is 0 Å². The van der Waals surface area contributed by atoms with Crippen LogP contribution in [0.3, 0.4) is 0 Å². The molecule has 8 heteroatoms. The van der Waals surface area contributed by atoms with Gasteiger partial charge in [-0.05, 0) is 45.3 Å². The van der Waals surface area contributed by atoms with E-state index in [9.17, 15) is 9.90 Å². The van der Waals surface area contributed by atoms with Gasteiger partial charge in [-0.2, -0.15) is 0 Å². The molecule has 0 unspecified atom stereocenters. The minimum atomic E-state index is -0.836. The zero-order valence-corrected chi connectivity index (χ0v) is 13.6. The second-order valence-electron chi connectivity index (χ2n) is 4.59. The van der Waals surface area contributed by atoms with Crippen LogP contribution in [0.15, 0.2) is 15.2 Å². The van der Waals surface area contributed by atoms with Crippen molar-refractivity contribution in [1.29, 1.82) is 0 Å². The van der Waals surface area contributed by atoms with Gasteiger partial charge in [0.15, 0.2) is 5.82 Å². The third kappa shape index (κ3) is 2.76. The fourth-order valence-electron chi connectivity index (χ4n) is 2.08. The van der Waals surface area contributed by atoms with E-state index in [0.29, 0.717) is 18.7 Å². The molecule has 0 amide bonds. The van der Waals surface area contributed by atoms with Crippen molar-refractivity contribution in [3.63, 3.8) is 0 Å². The maximum Gasteiger partial charge on any atom is 0.311 e. The molecular formula is C12H15BrN4O2S. The average Bonchev–Trinajstić information content (AvgIpc) is 3.04. The smallest absolute Gasteiger partial charge is 0.311 e. The summed E-state index contributed by atoms with van der Waals surface area (Å²) in [6, 6.07) is 1.92. The first-order chi connectivity index (χ1) is 9.52. The summed E-state index contributed by atoms with van der Waals surface area (Å²) in [5.41, 5.74) is 0.0515. The number of tetrazole rings is 1. The number of aliphatic carboxylic acids is 1. The molecule has 0 saturated heterocycles. The van der Waals surface area contributed by atoms with E-state index < -0.39 is 11.4 Å². The lowest BCUT2D eigenvalue weighted by Crippen LogP contribution is -2.35. The molecule has 0 saturated carbocycles. The van der Waals surface area contributed by atoms with Gasteiger partial charge in [-0.15, -0.1) is 16.4 Å². The summed E-state index contributed by atoms with van der Waals surface area (Å²) >= 11 is 4.94. The molecule has 108 valence electrons. The molecule has 6 nitrogen and oxygen atoms in total. The molecule has 0 radical (unpaired) electrons. The van der Waals surface area contributed by atoms with E-state index in [1.54, 1.807) is 4.68 Å². The van der Waals surface area contributed by atoms with Gasteiger partial charge in [-0.25, -0.2) is 4.68 Å². The highest BCUT2D eigenvalue weighted by Crippen LogP contribution is 2.32. The topological polar surface area (TPSA) is 80.9 Å². The number of thiophene rings is 1. The predicted molar refractivity (Wildman–Crippen MR) is 79.5 cm³/mol. The summed E-state index contributed by atoms with van der Waals surface area (Å²) in [6.07, 6.45) is 1.07.